The highest BCUT2D eigenvalue weighted by Crippen LogP contribution is 2.30. The number of aromatic amines is 2. The molecule has 136 valence electrons. The van der Waals surface area contributed by atoms with Crippen LogP contribution in [0.4, 0.5) is 0 Å². The van der Waals surface area contributed by atoms with E-state index in [0.29, 0.717) is 25.2 Å². The van der Waals surface area contributed by atoms with Crippen molar-refractivity contribution in [3.8, 4) is 10.6 Å². The molecule has 0 bridgehead atoms. The molecule has 1 aliphatic heterocycles. The first-order valence-corrected chi connectivity index (χ1v) is 9.58. The minimum atomic E-state index is -0.167. The van der Waals surface area contributed by atoms with Crippen LogP contribution in [0.3, 0.4) is 0 Å². The van der Waals surface area contributed by atoms with Crippen molar-refractivity contribution >= 4 is 17.2 Å². The Labute approximate surface area is 153 Å². The molecule has 4 heterocycles. The van der Waals surface area contributed by atoms with Crippen LogP contribution in [0.25, 0.3) is 10.6 Å². The van der Waals surface area contributed by atoms with Crippen molar-refractivity contribution in [3.63, 3.8) is 0 Å². The third kappa shape index (κ3) is 2.88. The zero-order valence-electron chi connectivity index (χ0n) is 14.4. The lowest BCUT2D eigenvalue weighted by Crippen LogP contribution is -2.38. The van der Waals surface area contributed by atoms with Gasteiger partial charge in [0.25, 0.3) is 5.91 Å². The van der Waals surface area contributed by atoms with E-state index in [4.69, 9.17) is 0 Å². The Morgan fingerprint density at radius 3 is 2.85 bits per heavy atom. The van der Waals surface area contributed by atoms with E-state index >= 15 is 0 Å². The van der Waals surface area contributed by atoms with Crippen LogP contribution in [-0.4, -0.2) is 48.9 Å². The first-order valence-electron chi connectivity index (χ1n) is 8.70. The Balaban J connectivity index is 1.48. The number of carbonyl (C=O) groups is 1. The van der Waals surface area contributed by atoms with E-state index in [1.54, 1.807) is 22.1 Å². The molecular weight excluding hydrogens is 352 g/mol. The second kappa shape index (κ2) is 6.91. The Hall–Kier alpha value is -2.68. The number of thiophene rings is 1. The highest BCUT2D eigenvalue weighted by Gasteiger charge is 2.29. The summed E-state index contributed by atoms with van der Waals surface area (Å²) in [4.78, 5) is 27.6. The molecule has 9 heteroatoms. The number of hydrogen-bond donors (Lipinski definition) is 2. The number of carbonyl (C=O) groups excluding carboxylic acids is 1. The van der Waals surface area contributed by atoms with Crippen molar-refractivity contribution in [1.29, 1.82) is 0 Å². The van der Waals surface area contributed by atoms with Gasteiger partial charge in [0.2, 0.25) is 0 Å². The van der Waals surface area contributed by atoms with Crippen molar-refractivity contribution in [2.24, 2.45) is 0 Å². The third-order valence-electron chi connectivity index (χ3n) is 4.89. The summed E-state index contributed by atoms with van der Waals surface area (Å²) in [5.41, 5.74) is 1.22. The fraction of sp³-hybridized carbons (Fsp3) is 0.412. The van der Waals surface area contributed by atoms with Gasteiger partial charge in [-0.2, -0.15) is 10.2 Å². The number of H-pyrrole nitrogens is 2. The second-order valence-corrected chi connectivity index (χ2v) is 7.28. The number of nitrogens with zero attached hydrogens (tertiary/aromatic N) is 4. The monoisotopic (exact) mass is 372 g/mol. The van der Waals surface area contributed by atoms with Crippen molar-refractivity contribution in [2.45, 2.75) is 32.2 Å². The Kier molecular flexibility index (Phi) is 4.46. The van der Waals surface area contributed by atoms with Crippen LogP contribution in [0, 0.1) is 0 Å². The number of likely N-dealkylation sites (tertiary alicyclic amines) is 1. The van der Waals surface area contributed by atoms with Gasteiger partial charge >= 0.3 is 5.69 Å². The molecule has 1 amide bonds. The topological polar surface area (TPSA) is 99.7 Å². The molecule has 26 heavy (non-hydrogen) atoms. The summed E-state index contributed by atoms with van der Waals surface area (Å²) in [7, 11) is 0. The van der Waals surface area contributed by atoms with Crippen molar-refractivity contribution < 1.29 is 4.79 Å². The summed E-state index contributed by atoms with van der Waals surface area (Å²) < 4.78 is 1.67. The van der Waals surface area contributed by atoms with E-state index in [2.05, 4.69) is 20.4 Å². The minimum absolute atomic E-state index is 0.00416. The summed E-state index contributed by atoms with van der Waals surface area (Å²) in [6, 6.07) is 3.93. The van der Waals surface area contributed by atoms with Gasteiger partial charge in [0, 0.05) is 25.6 Å². The van der Waals surface area contributed by atoms with Crippen molar-refractivity contribution in [1.82, 2.24) is 29.9 Å². The number of hydrogen-bond acceptors (Lipinski definition) is 5. The normalized spacial score (nSPS) is 15.5. The molecule has 0 atom stereocenters. The van der Waals surface area contributed by atoms with Gasteiger partial charge in [0.1, 0.15) is 5.82 Å². The molecule has 0 spiro atoms. The molecule has 3 aromatic heterocycles. The predicted octanol–water partition coefficient (Wildman–Crippen LogP) is 2.06. The summed E-state index contributed by atoms with van der Waals surface area (Å²) in [6.07, 6.45) is 3.19. The summed E-state index contributed by atoms with van der Waals surface area (Å²) >= 11 is 1.58. The van der Waals surface area contributed by atoms with Gasteiger partial charge in [0.05, 0.1) is 22.3 Å². The molecule has 8 nitrogen and oxygen atoms in total. The predicted molar refractivity (Wildman–Crippen MR) is 98.3 cm³/mol. The number of aromatic nitrogens is 5. The molecule has 0 unspecified atom stereocenters. The molecule has 4 rings (SSSR count). The highest BCUT2D eigenvalue weighted by molar-refractivity contribution is 7.13. The van der Waals surface area contributed by atoms with E-state index in [1.165, 1.54) is 0 Å². The fourth-order valence-electron chi connectivity index (χ4n) is 3.52. The van der Waals surface area contributed by atoms with Gasteiger partial charge in [-0.15, -0.1) is 11.3 Å². The zero-order valence-corrected chi connectivity index (χ0v) is 15.3. The number of amides is 1. The quantitative estimate of drug-likeness (QED) is 0.732. The zero-order chi connectivity index (χ0) is 18.1. The molecule has 1 saturated heterocycles. The summed E-state index contributed by atoms with van der Waals surface area (Å²) in [5, 5.41) is 15.7. The third-order valence-corrected chi connectivity index (χ3v) is 5.78. The van der Waals surface area contributed by atoms with Crippen LogP contribution in [0.2, 0.25) is 0 Å². The SMILES string of the molecule is CCn1c(C2CCN(C(=O)c3cn[nH]c3-c3cccs3)CC2)n[nH]c1=O. The fourth-order valence-corrected chi connectivity index (χ4v) is 4.25. The van der Waals surface area contributed by atoms with Crippen LogP contribution in [-0.2, 0) is 6.54 Å². The molecule has 1 aliphatic rings. The van der Waals surface area contributed by atoms with Crippen molar-refractivity contribution in [3.05, 3.63) is 45.6 Å². The number of rotatable bonds is 4. The molecular formula is C17H20N6O2S. The van der Waals surface area contributed by atoms with E-state index < -0.39 is 0 Å². The van der Waals surface area contributed by atoms with Gasteiger partial charge in [-0.3, -0.25) is 14.5 Å². The van der Waals surface area contributed by atoms with Gasteiger partial charge in [0.15, 0.2) is 0 Å². The maximum Gasteiger partial charge on any atom is 0.343 e. The van der Waals surface area contributed by atoms with Gasteiger partial charge in [-0.1, -0.05) is 6.07 Å². The largest absolute Gasteiger partial charge is 0.343 e. The van der Waals surface area contributed by atoms with E-state index in [0.717, 1.165) is 29.2 Å². The second-order valence-electron chi connectivity index (χ2n) is 6.33. The standard InChI is InChI=1S/C17H20N6O2S/c1-2-23-15(20-21-17(23)25)11-5-7-22(8-6-11)16(24)12-10-18-19-14(12)13-4-3-9-26-13/h3-4,9-11H,2,5-8H2,1H3,(H,18,19)(H,21,25). The first kappa shape index (κ1) is 16.8. The van der Waals surface area contributed by atoms with Crippen LogP contribution < -0.4 is 5.69 Å². The van der Waals surface area contributed by atoms with Crippen molar-refractivity contribution in [2.75, 3.05) is 13.1 Å². The Morgan fingerprint density at radius 2 is 2.15 bits per heavy atom. The van der Waals surface area contributed by atoms with Crippen LogP contribution in [0.5, 0.6) is 0 Å². The maximum atomic E-state index is 12.9. The van der Waals surface area contributed by atoms with E-state index in [9.17, 15) is 9.59 Å². The Bertz CT molecular complexity index is 946. The van der Waals surface area contributed by atoms with Gasteiger partial charge in [-0.25, -0.2) is 9.89 Å². The van der Waals surface area contributed by atoms with Gasteiger partial charge in [-0.05, 0) is 31.2 Å². The molecule has 3 aromatic rings. The molecule has 0 aromatic carbocycles. The summed E-state index contributed by atoms with van der Waals surface area (Å²) in [6.45, 7) is 3.82. The lowest BCUT2D eigenvalue weighted by Gasteiger charge is -2.31. The highest BCUT2D eigenvalue weighted by atomic mass is 32.1. The minimum Gasteiger partial charge on any atom is -0.338 e. The average molecular weight is 372 g/mol. The molecule has 0 radical (unpaired) electrons. The van der Waals surface area contributed by atoms with Crippen LogP contribution in [0.1, 0.15) is 41.9 Å². The smallest absolute Gasteiger partial charge is 0.338 e. The molecule has 2 N–H and O–H groups in total. The van der Waals surface area contributed by atoms with Gasteiger partial charge < -0.3 is 4.90 Å². The number of piperidine rings is 1. The molecule has 0 aliphatic carbocycles. The Morgan fingerprint density at radius 1 is 1.35 bits per heavy atom. The maximum absolute atomic E-state index is 12.9. The lowest BCUT2D eigenvalue weighted by atomic mass is 9.95. The molecule has 1 fully saturated rings. The van der Waals surface area contributed by atoms with E-state index in [1.807, 2.05) is 29.3 Å². The number of nitrogens with one attached hydrogen (secondary N) is 2. The van der Waals surface area contributed by atoms with Crippen LogP contribution in [0.15, 0.2) is 28.5 Å². The lowest BCUT2D eigenvalue weighted by molar-refractivity contribution is 0.0711. The average Bonchev–Trinajstić information content (AvgIpc) is 3.41. The molecule has 0 saturated carbocycles. The van der Waals surface area contributed by atoms with E-state index in [-0.39, 0.29) is 17.5 Å². The summed E-state index contributed by atoms with van der Waals surface area (Å²) in [5.74, 6) is 0.988. The van der Waals surface area contributed by atoms with Crippen LogP contribution >= 0.6 is 11.3 Å². The first-order chi connectivity index (χ1) is 12.7.